The molecule has 3 aliphatic rings. The van der Waals surface area contributed by atoms with Crippen molar-refractivity contribution in [3.8, 4) is 11.1 Å². The molecule has 0 radical (unpaired) electrons. The topological polar surface area (TPSA) is 0 Å². The Morgan fingerprint density at radius 1 is 0.933 bits per heavy atom. The first kappa shape index (κ1) is 20.4. The number of fused-ring (bicyclic) bond motifs is 6. The van der Waals surface area contributed by atoms with Gasteiger partial charge in [0.25, 0.3) is 0 Å². The number of thioether (sulfide) groups is 1. The zero-order valence-corrected chi connectivity index (χ0v) is 23.0. The van der Waals surface area contributed by atoms with E-state index in [0.717, 1.165) is 16.8 Å². The van der Waals surface area contributed by atoms with Crippen LogP contribution in [0.4, 0.5) is 0 Å². The summed E-state index contributed by atoms with van der Waals surface area (Å²) in [5.41, 5.74) is 7.53. The minimum absolute atomic E-state index is 0.210. The van der Waals surface area contributed by atoms with Crippen molar-refractivity contribution in [3.05, 3.63) is 97.7 Å². The van der Waals surface area contributed by atoms with Gasteiger partial charge in [0.1, 0.15) is 0 Å². The van der Waals surface area contributed by atoms with Gasteiger partial charge in [0.15, 0.2) is 0 Å². The zero-order valence-electron chi connectivity index (χ0n) is 15.7. The van der Waals surface area contributed by atoms with Gasteiger partial charge in [-0.05, 0) is 0 Å². The van der Waals surface area contributed by atoms with E-state index in [1.54, 1.807) is 11.8 Å². The molecule has 6 heteroatoms. The molecule has 0 aromatic heterocycles. The Bertz CT molecular complexity index is 1320. The third-order valence-corrected chi connectivity index (χ3v) is 22.4. The molecule has 0 N–H and O–H groups in total. The molecule has 0 nitrogen and oxygen atoms in total. The standard InChI is InChI=1S/C13H9.C11H6BrS.2ClH.H2S.Zr/c1-3-7-12-10(5-1)9-11-6-2-4-8-13(11)12;12-11-6-9-8-4-2-1-3-7(8)5-10(9)13-11;;;;/h1-5,7-8H,9H2;1-3,5-6,9H;2*1H;1H2;/q;;;;;+3/p-3. The number of allylic oxidation sites excluding steroid dienone is 2. The molecule has 0 saturated carbocycles. The molecule has 3 aromatic rings. The maximum absolute atomic E-state index is 7.56. The van der Waals surface area contributed by atoms with E-state index in [4.69, 9.17) is 26.4 Å². The van der Waals surface area contributed by atoms with Gasteiger partial charge in [0.2, 0.25) is 0 Å². The fourth-order valence-electron chi connectivity index (χ4n) is 5.05. The van der Waals surface area contributed by atoms with Gasteiger partial charge in [0.05, 0.1) is 0 Å². The summed E-state index contributed by atoms with van der Waals surface area (Å²) in [5.74, 6) is 0.210. The fraction of sp³-hybridized carbons (Fsp3) is 0.0833. The molecule has 0 bridgehead atoms. The summed E-state index contributed by atoms with van der Waals surface area (Å²) in [5, 5.41) is 0. The van der Waals surface area contributed by atoms with Crippen LogP contribution >= 0.6 is 54.1 Å². The van der Waals surface area contributed by atoms with E-state index >= 15 is 0 Å². The maximum atomic E-state index is 7.56. The van der Waals surface area contributed by atoms with Crippen LogP contribution in [0.5, 0.6) is 0 Å². The average Bonchev–Trinajstić information content (AvgIpc) is 3.36. The van der Waals surface area contributed by atoms with Crippen molar-refractivity contribution in [3.63, 3.8) is 0 Å². The monoisotopic (exact) mass is 607 g/mol. The van der Waals surface area contributed by atoms with Gasteiger partial charge in [0, 0.05) is 0 Å². The molecule has 0 saturated heterocycles. The molecule has 1 atom stereocenters. The van der Waals surface area contributed by atoms with E-state index in [1.807, 2.05) is 0 Å². The summed E-state index contributed by atoms with van der Waals surface area (Å²) in [6.07, 6.45) is 5.37. The molecule has 30 heavy (non-hydrogen) atoms. The Hall–Kier alpha value is -0.217. The van der Waals surface area contributed by atoms with Crippen LogP contribution in [0.3, 0.4) is 0 Å². The summed E-state index contributed by atoms with van der Waals surface area (Å²) in [4.78, 5) is 1.32. The molecule has 0 fully saturated rings. The summed E-state index contributed by atoms with van der Waals surface area (Å²) in [7, 11) is 20.3. The van der Waals surface area contributed by atoms with E-state index in [0.29, 0.717) is 0 Å². The molecule has 0 amide bonds. The first-order valence-electron chi connectivity index (χ1n) is 9.75. The predicted molar refractivity (Wildman–Crippen MR) is 136 cm³/mol. The second-order valence-corrected chi connectivity index (χ2v) is 36.4. The third kappa shape index (κ3) is 2.91. The molecule has 6 rings (SSSR count). The van der Waals surface area contributed by atoms with Gasteiger partial charge >= 0.3 is 203 Å². The normalized spacial score (nSPS) is 19.9. The molecule has 1 heterocycles. The van der Waals surface area contributed by atoms with Gasteiger partial charge in [-0.3, -0.25) is 0 Å². The molecule has 149 valence electrons. The minimum atomic E-state index is -4.86. The molecule has 1 unspecified atom stereocenters. The van der Waals surface area contributed by atoms with Crippen LogP contribution in [0.25, 0.3) is 17.2 Å². The molecular formula is C24H16BrCl2S2Zr. The van der Waals surface area contributed by atoms with Crippen molar-refractivity contribution < 1.29 is 14.9 Å². The Morgan fingerprint density at radius 3 is 2.53 bits per heavy atom. The van der Waals surface area contributed by atoms with Crippen LogP contribution in [0, 0.1) is 0 Å². The SMILES string of the molecule is [SH][Zr]([Cl])([Cl])([c]1cccc2c1Cc1ccccc1-2)[c]1cccc2c1C1C=C(Br)SC1=C2. The predicted octanol–water partition coefficient (Wildman–Crippen LogP) is 7.47. The third-order valence-electron chi connectivity index (χ3n) is 6.34. The number of hydrogen-bond donors (Lipinski definition) is 1. The summed E-state index contributed by atoms with van der Waals surface area (Å²) in [6.45, 7) is 0. The van der Waals surface area contributed by atoms with Gasteiger partial charge in [-0.1, -0.05) is 0 Å². The summed E-state index contributed by atoms with van der Waals surface area (Å²) < 4.78 is 3.24. The van der Waals surface area contributed by atoms with E-state index in [-0.39, 0.29) is 5.92 Å². The molecule has 1 aliphatic heterocycles. The van der Waals surface area contributed by atoms with E-state index in [1.165, 1.54) is 38.3 Å². The van der Waals surface area contributed by atoms with Crippen molar-refractivity contribution in [2.45, 2.75) is 12.3 Å². The van der Waals surface area contributed by atoms with E-state index in [9.17, 15) is 0 Å². The van der Waals surface area contributed by atoms with Gasteiger partial charge in [-0.2, -0.15) is 0 Å². The Balaban J connectivity index is 1.58. The number of benzene rings is 3. The molecule has 0 spiro atoms. The summed E-state index contributed by atoms with van der Waals surface area (Å²) >= 11 is 0.565. The fourth-order valence-corrected chi connectivity index (χ4v) is 19.5. The van der Waals surface area contributed by atoms with Crippen LogP contribution < -0.4 is 6.54 Å². The van der Waals surface area contributed by atoms with Crippen LogP contribution in [0.15, 0.2) is 75.5 Å². The first-order valence-corrected chi connectivity index (χ1v) is 23.9. The van der Waals surface area contributed by atoms with Gasteiger partial charge in [-0.25, -0.2) is 0 Å². The van der Waals surface area contributed by atoms with Crippen molar-refractivity contribution in [2.75, 3.05) is 0 Å². The zero-order chi connectivity index (χ0) is 20.7. The van der Waals surface area contributed by atoms with E-state index in [2.05, 4.69) is 88.7 Å². The molecule has 2 aliphatic carbocycles. The average molecular weight is 611 g/mol. The molecule has 3 aromatic carbocycles. The Morgan fingerprint density at radius 2 is 1.67 bits per heavy atom. The summed E-state index contributed by atoms with van der Waals surface area (Å²) in [6, 6.07) is 21.3. The van der Waals surface area contributed by atoms with Crippen LogP contribution in [0.1, 0.15) is 28.2 Å². The van der Waals surface area contributed by atoms with Crippen molar-refractivity contribution in [2.24, 2.45) is 0 Å². The van der Waals surface area contributed by atoms with E-state index < -0.39 is 14.9 Å². The Kier molecular flexibility index (Phi) is 4.68. The van der Waals surface area contributed by atoms with Crippen molar-refractivity contribution in [1.82, 2.24) is 0 Å². The van der Waals surface area contributed by atoms with Gasteiger partial charge in [-0.15, -0.1) is 0 Å². The van der Waals surface area contributed by atoms with Crippen molar-refractivity contribution >= 4 is 66.7 Å². The van der Waals surface area contributed by atoms with Crippen LogP contribution in [0.2, 0.25) is 0 Å². The molecular weight excluding hydrogens is 594 g/mol. The number of rotatable bonds is 2. The number of halogens is 3. The Labute approximate surface area is 200 Å². The second-order valence-electron chi connectivity index (χ2n) is 8.04. The van der Waals surface area contributed by atoms with Crippen LogP contribution in [-0.2, 0) is 21.4 Å². The number of hydrogen-bond acceptors (Lipinski definition) is 2. The number of thiol groups is 1. The van der Waals surface area contributed by atoms with Crippen molar-refractivity contribution in [1.29, 1.82) is 0 Å². The second kappa shape index (κ2) is 6.89. The quantitative estimate of drug-likeness (QED) is 0.230. The van der Waals surface area contributed by atoms with Gasteiger partial charge < -0.3 is 0 Å². The first-order chi connectivity index (χ1) is 14.3. The van der Waals surface area contributed by atoms with Crippen LogP contribution in [-0.4, -0.2) is 0 Å².